The van der Waals surface area contributed by atoms with Gasteiger partial charge in [0.1, 0.15) is 17.1 Å². The molecule has 224 valence electrons. The zero-order valence-electron chi connectivity index (χ0n) is 23.7. The molecule has 0 spiro atoms. The number of rotatable bonds is 11. The molecule has 13 heteroatoms. The van der Waals surface area contributed by atoms with Crippen molar-refractivity contribution in [2.24, 2.45) is 5.73 Å². The number of hydrogen-bond donors (Lipinski definition) is 6. The van der Waals surface area contributed by atoms with Gasteiger partial charge in [-0.3, -0.25) is 19.8 Å². The van der Waals surface area contributed by atoms with Gasteiger partial charge >= 0.3 is 5.97 Å². The summed E-state index contributed by atoms with van der Waals surface area (Å²) in [6.45, 7) is 2.73. The molecule has 7 N–H and O–H groups in total. The molecule has 0 aliphatic carbocycles. The average molecular weight is 580 g/mol. The van der Waals surface area contributed by atoms with Crippen molar-refractivity contribution in [2.75, 3.05) is 46.4 Å². The molecule has 2 saturated heterocycles. The van der Waals surface area contributed by atoms with Crippen molar-refractivity contribution in [3.63, 3.8) is 0 Å². The number of nitrogen functional groups attached to an aromatic ring is 1. The summed E-state index contributed by atoms with van der Waals surface area (Å²) in [7, 11) is 1.51. The van der Waals surface area contributed by atoms with Crippen LogP contribution in [0.1, 0.15) is 34.8 Å². The molecule has 4 rings (SSSR count). The van der Waals surface area contributed by atoms with E-state index in [1.54, 1.807) is 43.3 Å². The first-order chi connectivity index (χ1) is 20.1. The Morgan fingerprint density at radius 1 is 1.02 bits per heavy atom. The van der Waals surface area contributed by atoms with Gasteiger partial charge in [-0.25, -0.2) is 4.79 Å². The van der Waals surface area contributed by atoms with Crippen LogP contribution in [-0.2, 0) is 19.9 Å². The van der Waals surface area contributed by atoms with Crippen molar-refractivity contribution < 1.29 is 29.0 Å². The Morgan fingerprint density at radius 2 is 1.62 bits per heavy atom. The van der Waals surface area contributed by atoms with Gasteiger partial charge in [0.15, 0.2) is 6.04 Å². The Kier molecular flexibility index (Phi) is 9.43. The van der Waals surface area contributed by atoms with Gasteiger partial charge in [0.05, 0.1) is 26.2 Å². The molecule has 2 aliphatic rings. The van der Waals surface area contributed by atoms with Gasteiger partial charge in [0.25, 0.3) is 5.91 Å². The fourth-order valence-corrected chi connectivity index (χ4v) is 5.92. The summed E-state index contributed by atoms with van der Waals surface area (Å²) in [6, 6.07) is 10.4. The summed E-state index contributed by atoms with van der Waals surface area (Å²) in [5.74, 6) is -2.21. The number of nitrogens with zero attached hydrogens (tertiary/aromatic N) is 2. The Bertz CT molecular complexity index is 1330. The van der Waals surface area contributed by atoms with Crippen molar-refractivity contribution in [2.45, 2.75) is 31.0 Å². The molecule has 3 amide bonds. The lowest BCUT2D eigenvalue weighted by atomic mass is 9.72. The number of amidine groups is 1. The summed E-state index contributed by atoms with van der Waals surface area (Å²) in [5, 5.41) is 27.6. The van der Waals surface area contributed by atoms with E-state index in [-0.39, 0.29) is 49.9 Å². The highest BCUT2D eigenvalue weighted by Gasteiger charge is 2.59. The highest BCUT2D eigenvalue weighted by molar-refractivity contribution is 5.98. The fourth-order valence-electron chi connectivity index (χ4n) is 5.92. The number of carbonyl (C=O) groups is 4. The molecule has 0 aromatic heterocycles. The highest BCUT2D eigenvalue weighted by atomic mass is 16.5. The number of carboxylic acids is 1. The number of benzene rings is 2. The number of aliphatic carboxylic acids is 1. The minimum atomic E-state index is -1.70. The van der Waals surface area contributed by atoms with E-state index < -0.39 is 35.4 Å². The minimum Gasteiger partial charge on any atom is -0.497 e. The number of carbonyl (C=O) groups excluding carboxylic acids is 3. The number of amides is 3. The molecule has 2 aliphatic heterocycles. The maximum Gasteiger partial charge on any atom is 0.329 e. The van der Waals surface area contributed by atoms with E-state index in [4.69, 9.17) is 15.9 Å². The molecule has 0 bridgehead atoms. The van der Waals surface area contributed by atoms with Crippen LogP contribution < -0.4 is 26.4 Å². The third-order valence-electron chi connectivity index (χ3n) is 7.88. The van der Waals surface area contributed by atoms with Crippen molar-refractivity contribution in [3.8, 4) is 5.75 Å². The first kappa shape index (κ1) is 30.5. The average Bonchev–Trinajstić information content (AvgIpc) is 2.99. The standard InChI is InChI=1S/C29H37N7O6/c1-3-22(34-27(39)19-6-4-18(5-7-19)26(30)31)29(36-15-13-33-17-24(36)38,20-8-10-21(42-2)11-9-20)25(28(40)41)35-14-12-32-16-23(35)37/h4-11,22,25,32-33H,3,12-17H2,1-2H3,(H3,30,31)(H,34,39)(H,40,41). The van der Waals surface area contributed by atoms with E-state index in [0.717, 1.165) is 0 Å². The number of nitrogens with one attached hydrogen (secondary N) is 4. The molecule has 2 fully saturated rings. The van der Waals surface area contributed by atoms with Gasteiger partial charge in [-0.15, -0.1) is 0 Å². The van der Waals surface area contributed by atoms with Gasteiger partial charge < -0.3 is 41.3 Å². The Morgan fingerprint density at radius 3 is 2.14 bits per heavy atom. The topological polar surface area (TPSA) is 190 Å². The number of carboxylic acid groups (broad SMARTS) is 1. The molecular formula is C29H37N7O6. The van der Waals surface area contributed by atoms with Crippen molar-refractivity contribution in [3.05, 3.63) is 65.2 Å². The zero-order valence-corrected chi connectivity index (χ0v) is 23.7. The van der Waals surface area contributed by atoms with Crippen LogP contribution in [-0.4, -0.2) is 103 Å². The zero-order chi connectivity index (χ0) is 30.4. The lowest BCUT2D eigenvalue weighted by Gasteiger charge is -2.55. The Labute approximate surface area is 243 Å². The number of nitrogens with two attached hydrogens (primary N) is 1. The van der Waals surface area contributed by atoms with Crippen LogP contribution in [0, 0.1) is 5.41 Å². The summed E-state index contributed by atoms with van der Waals surface area (Å²) >= 11 is 0. The van der Waals surface area contributed by atoms with Crippen LogP contribution in [0.15, 0.2) is 48.5 Å². The Balaban J connectivity index is 1.94. The van der Waals surface area contributed by atoms with Crippen LogP contribution in [0.4, 0.5) is 0 Å². The number of methoxy groups -OCH3 is 1. The van der Waals surface area contributed by atoms with Gasteiger partial charge in [0.2, 0.25) is 11.8 Å². The summed E-state index contributed by atoms with van der Waals surface area (Å²) in [5.41, 5.74) is 5.01. The van der Waals surface area contributed by atoms with E-state index in [1.807, 2.05) is 0 Å². The third kappa shape index (κ3) is 5.78. The quantitative estimate of drug-likeness (QED) is 0.153. The van der Waals surface area contributed by atoms with Crippen LogP contribution in [0.2, 0.25) is 0 Å². The van der Waals surface area contributed by atoms with E-state index in [2.05, 4.69) is 16.0 Å². The van der Waals surface area contributed by atoms with E-state index >= 15 is 0 Å². The second kappa shape index (κ2) is 13.0. The minimum absolute atomic E-state index is 0.0311. The fraction of sp³-hybridized carbons (Fsp3) is 0.414. The maximum absolute atomic E-state index is 13.7. The lowest BCUT2D eigenvalue weighted by molar-refractivity contribution is -0.167. The van der Waals surface area contributed by atoms with Gasteiger partial charge in [-0.05, 0) is 36.2 Å². The Hall–Kier alpha value is -4.49. The number of hydrogen-bond acceptors (Lipinski definition) is 8. The second-order valence-corrected chi connectivity index (χ2v) is 10.2. The molecule has 3 atom stereocenters. The van der Waals surface area contributed by atoms with Crippen LogP contribution in [0.5, 0.6) is 5.75 Å². The lowest BCUT2D eigenvalue weighted by Crippen LogP contribution is -2.75. The number of ether oxygens (including phenoxy) is 1. The molecule has 2 heterocycles. The summed E-state index contributed by atoms with van der Waals surface area (Å²) in [6.07, 6.45) is 0.227. The van der Waals surface area contributed by atoms with E-state index in [9.17, 15) is 24.3 Å². The van der Waals surface area contributed by atoms with Gasteiger partial charge in [-0.1, -0.05) is 31.2 Å². The highest BCUT2D eigenvalue weighted by Crippen LogP contribution is 2.42. The predicted molar refractivity (Wildman–Crippen MR) is 154 cm³/mol. The van der Waals surface area contributed by atoms with Crippen molar-refractivity contribution in [1.82, 2.24) is 25.8 Å². The van der Waals surface area contributed by atoms with E-state index in [1.165, 1.54) is 29.0 Å². The normalized spacial score (nSPS) is 18.5. The first-order valence-corrected chi connectivity index (χ1v) is 13.8. The second-order valence-electron chi connectivity index (χ2n) is 10.2. The monoisotopic (exact) mass is 579 g/mol. The van der Waals surface area contributed by atoms with Gasteiger partial charge in [-0.2, -0.15) is 0 Å². The first-order valence-electron chi connectivity index (χ1n) is 13.8. The van der Waals surface area contributed by atoms with E-state index in [0.29, 0.717) is 30.0 Å². The molecule has 3 unspecified atom stereocenters. The molecule has 2 aromatic carbocycles. The van der Waals surface area contributed by atoms with Crippen LogP contribution >= 0.6 is 0 Å². The third-order valence-corrected chi connectivity index (χ3v) is 7.88. The summed E-state index contributed by atoms with van der Waals surface area (Å²) in [4.78, 5) is 56.9. The van der Waals surface area contributed by atoms with Gasteiger partial charge in [0, 0.05) is 37.3 Å². The molecule has 0 radical (unpaired) electrons. The smallest absolute Gasteiger partial charge is 0.329 e. The van der Waals surface area contributed by atoms with Crippen molar-refractivity contribution in [1.29, 1.82) is 5.41 Å². The SMILES string of the molecule is CCC(NC(=O)c1ccc(C(=N)N)cc1)C(c1ccc(OC)cc1)(C(C(=O)O)N1CCNCC1=O)N1CCNCC1=O. The number of piperazine rings is 2. The predicted octanol–water partition coefficient (Wildman–Crippen LogP) is -0.300. The molecule has 42 heavy (non-hydrogen) atoms. The van der Waals surface area contributed by atoms with Crippen LogP contribution in [0.3, 0.4) is 0 Å². The molecule has 0 saturated carbocycles. The van der Waals surface area contributed by atoms with Crippen molar-refractivity contribution >= 4 is 29.5 Å². The molecular weight excluding hydrogens is 542 g/mol. The summed E-state index contributed by atoms with van der Waals surface area (Å²) < 4.78 is 5.35. The molecule has 13 nitrogen and oxygen atoms in total. The molecule has 2 aromatic rings. The largest absolute Gasteiger partial charge is 0.497 e. The maximum atomic E-state index is 13.7. The van der Waals surface area contributed by atoms with Crippen LogP contribution in [0.25, 0.3) is 0 Å².